The van der Waals surface area contributed by atoms with Crippen LogP contribution in [0, 0.1) is 6.92 Å². The van der Waals surface area contributed by atoms with Gasteiger partial charge in [0, 0.05) is 0 Å². The molecule has 15 heavy (non-hydrogen) atoms. The van der Waals surface area contributed by atoms with Crippen molar-refractivity contribution in [2.45, 2.75) is 13.5 Å². The molecule has 0 unspecified atom stereocenters. The Kier molecular flexibility index (Phi) is 2.53. The first kappa shape index (κ1) is 9.51. The van der Waals surface area contributed by atoms with Crippen LogP contribution in [0.1, 0.15) is 11.7 Å². The number of ether oxygens (including phenoxy) is 1. The van der Waals surface area contributed by atoms with Crippen molar-refractivity contribution >= 4 is 0 Å². The highest BCUT2D eigenvalue weighted by Crippen LogP contribution is 2.16. The largest absolute Gasteiger partial charge is 0.508 e. The van der Waals surface area contributed by atoms with Crippen molar-refractivity contribution in [1.82, 2.24) is 10.1 Å². The molecule has 1 aromatic heterocycles. The molecule has 1 heterocycles. The molecule has 0 aliphatic carbocycles. The summed E-state index contributed by atoms with van der Waals surface area (Å²) >= 11 is 0. The number of rotatable bonds is 3. The lowest BCUT2D eigenvalue weighted by Crippen LogP contribution is -1.95. The summed E-state index contributed by atoms with van der Waals surface area (Å²) < 4.78 is 10.2. The van der Waals surface area contributed by atoms with E-state index in [2.05, 4.69) is 10.1 Å². The molecule has 0 aliphatic heterocycles. The van der Waals surface area contributed by atoms with Crippen LogP contribution in [-0.2, 0) is 6.61 Å². The molecule has 0 fully saturated rings. The van der Waals surface area contributed by atoms with Gasteiger partial charge in [-0.25, -0.2) is 0 Å². The van der Waals surface area contributed by atoms with Crippen LogP contribution in [0.2, 0.25) is 0 Å². The van der Waals surface area contributed by atoms with Gasteiger partial charge in [0.2, 0.25) is 0 Å². The molecule has 2 rings (SSSR count). The van der Waals surface area contributed by atoms with E-state index >= 15 is 0 Å². The third-order valence-electron chi connectivity index (χ3n) is 1.77. The minimum Gasteiger partial charge on any atom is -0.508 e. The number of phenols is 1. The summed E-state index contributed by atoms with van der Waals surface area (Å²) in [5.41, 5.74) is 0. The molecule has 0 amide bonds. The van der Waals surface area contributed by atoms with Crippen LogP contribution in [0.5, 0.6) is 11.5 Å². The van der Waals surface area contributed by atoms with Gasteiger partial charge in [0.15, 0.2) is 12.4 Å². The monoisotopic (exact) mass is 206 g/mol. The molecule has 1 aromatic carbocycles. The van der Waals surface area contributed by atoms with Gasteiger partial charge in [-0.1, -0.05) is 5.16 Å². The zero-order chi connectivity index (χ0) is 10.7. The third-order valence-corrected chi connectivity index (χ3v) is 1.77. The lowest BCUT2D eigenvalue weighted by molar-refractivity contribution is 0.242. The molecule has 0 saturated heterocycles. The average Bonchev–Trinajstić information content (AvgIpc) is 2.64. The smallest absolute Gasteiger partial charge is 0.264 e. The van der Waals surface area contributed by atoms with Crippen molar-refractivity contribution in [3.05, 3.63) is 36.0 Å². The molecule has 0 spiro atoms. The van der Waals surface area contributed by atoms with Crippen LogP contribution in [0.15, 0.2) is 28.8 Å². The second kappa shape index (κ2) is 4.00. The van der Waals surface area contributed by atoms with Crippen LogP contribution in [0.3, 0.4) is 0 Å². The van der Waals surface area contributed by atoms with Gasteiger partial charge in [0.05, 0.1) is 0 Å². The first-order chi connectivity index (χ1) is 7.24. The summed E-state index contributed by atoms with van der Waals surface area (Å²) in [4.78, 5) is 3.99. The van der Waals surface area contributed by atoms with E-state index in [9.17, 15) is 0 Å². The van der Waals surface area contributed by atoms with Gasteiger partial charge in [-0.05, 0) is 31.2 Å². The maximum Gasteiger partial charge on any atom is 0.264 e. The molecule has 0 atom stereocenters. The maximum absolute atomic E-state index is 9.05. The van der Waals surface area contributed by atoms with Crippen LogP contribution in [-0.4, -0.2) is 15.2 Å². The van der Waals surface area contributed by atoms with E-state index in [0.29, 0.717) is 17.5 Å². The third kappa shape index (κ3) is 2.46. The molecule has 0 bridgehead atoms. The summed E-state index contributed by atoms with van der Waals surface area (Å²) in [5, 5.41) is 12.7. The number of benzene rings is 1. The Morgan fingerprint density at radius 3 is 2.67 bits per heavy atom. The summed E-state index contributed by atoms with van der Waals surface area (Å²) in [5.74, 6) is 1.86. The molecule has 1 N–H and O–H groups in total. The van der Waals surface area contributed by atoms with Gasteiger partial charge in [-0.15, -0.1) is 0 Å². The molecule has 0 radical (unpaired) electrons. The van der Waals surface area contributed by atoms with Gasteiger partial charge >= 0.3 is 0 Å². The topological polar surface area (TPSA) is 68.4 Å². The van der Waals surface area contributed by atoms with Crippen LogP contribution in [0.25, 0.3) is 0 Å². The van der Waals surface area contributed by atoms with E-state index in [1.807, 2.05) is 0 Å². The Morgan fingerprint density at radius 1 is 1.33 bits per heavy atom. The number of hydrogen-bond acceptors (Lipinski definition) is 5. The van der Waals surface area contributed by atoms with Crippen molar-refractivity contribution < 1.29 is 14.4 Å². The van der Waals surface area contributed by atoms with Gasteiger partial charge in [0.25, 0.3) is 5.89 Å². The molecular weight excluding hydrogens is 196 g/mol. The summed E-state index contributed by atoms with van der Waals surface area (Å²) in [7, 11) is 0. The van der Waals surface area contributed by atoms with Crippen molar-refractivity contribution in [3.63, 3.8) is 0 Å². The first-order valence-corrected chi connectivity index (χ1v) is 4.45. The SMILES string of the molecule is Cc1noc(COc2ccc(O)cc2)n1. The van der Waals surface area contributed by atoms with E-state index in [-0.39, 0.29) is 12.4 Å². The van der Waals surface area contributed by atoms with Crippen molar-refractivity contribution in [1.29, 1.82) is 0 Å². The van der Waals surface area contributed by atoms with Gasteiger partial charge in [-0.2, -0.15) is 4.98 Å². The minimum absolute atomic E-state index is 0.205. The Balaban J connectivity index is 1.96. The fraction of sp³-hybridized carbons (Fsp3) is 0.200. The lowest BCUT2D eigenvalue weighted by Gasteiger charge is -2.02. The van der Waals surface area contributed by atoms with Crippen LogP contribution < -0.4 is 4.74 Å². The first-order valence-electron chi connectivity index (χ1n) is 4.45. The van der Waals surface area contributed by atoms with Gasteiger partial charge in [0.1, 0.15) is 11.5 Å². The number of aromatic nitrogens is 2. The normalized spacial score (nSPS) is 10.2. The number of aryl methyl sites for hydroxylation is 1. The van der Waals surface area contributed by atoms with E-state index in [0.717, 1.165) is 0 Å². The molecule has 78 valence electrons. The van der Waals surface area contributed by atoms with Crippen LogP contribution in [0.4, 0.5) is 0 Å². The highest BCUT2D eigenvalue weighted by Gasteiger charge is 2.03. The highest BCUT2D eigenvalue weighted by atomic mass is 16.5. The second-order valence-corrected chi connectivity index (χ2v) is 3.02. The fourth-order valence-electron chi connectivity index (χ4n) is 1.09. The van der Waals surface area contributed by atoms with Gasteiger partial charge in [-0.3, -0.25) is 0 Å². The predicted molar refractivity (Wildman–Crippen MR) is 51.5 cm³/mol. The van der Waals surface area contributed by atoms with E-state index in [1.54, 1.807) is 31.2 Å². The van der Waals surface area contributed by atoms with Crippen molar-refractivity contribution in [2.75, 3.05) is 0 Å². The summed E-state index contributed by atoms with van der Waals surface area (Å²) in [6, 6.07) is 6.43. The number of phenolic OH excluding ortho intramolecular Hbond substituents is 1. The molecular formula is C10H10N2O3. The Labute approximate surface area is 86.3 Å². The lowest BCUT2D eigenvalue weighted by atomic mass is 10.3. The van der Waals surface area contributed by atoms with Gasteiger partial charge < -0.3 is 14.4 Å². The number of nitrogens with zero attached hydrogens (tertiary/aromatic N) is 2. The maximum atomic E-state index is 9.05. The quantitative estimate of drug-likeness (QED) is 0.827. The van der Waals surface area contributed by atoms with E-state index in [4.69, 9.17) is 14.4 Å². The summed E-state index contributed by atoms with van der Waals surface area (Å²) in [6.45, 7) is 1.97. The second-order valence-electron chi connectivity index (χ2n) is 3.02. The number of hydrogen-bond donors (Lipinski definition) is 1. The zero-order valence-corrected chi connectivity index (χ0v) is 8.17. The Bertz CT molecular complexity index is 436. The minimum atomic E-state index is 0.205. The number of aromatic hydroxyl groups is 1. The fourth-order valence-corrected chi connectivity index (χ4v) is 1.09. The Morgan fingerprint density at radius 2 is 2.07 bits per heavy atom. The molecule has 0 aliphatic rings. The van der Waals surface area contributed by atoms with Crippen molar-refractivity contribution in [3.8, 4) is 11.5 Å². The standard InChI is InChI=1S/C10H10N2O3/c1-7-11-10(15-12-7)6-14-9-4-2-8(13)3-5-9/h2-5,13H,6H2,1H3. The zero-order valence-electron chi connectivity index (χ0n) is 8.17. The average molecular weight is 206 g/mol. The van der Waals surface area contributed by atoms with E-state index < -0.39 is 0 Å². The molecule has 5 heteroatoms. The molecule has 2 aromatic rings. The van der Waals surface area contributed by atoms with Crippen LogP contribution >= 0.6 is 0 Å². The highest BCUT2D eigenvalue weighted by molar-refractivity contribution is 5.30. The predicted octanol–water partition coefficient (Wildman–Crippen LogP) is 1.66. The molecule has 5 nitrogen and oxygen atoms in total. The van der Waals surface area contributed by atoms with E-state index in [1.165, 1.54) is 0 Å². The molecule has 0 saturated carbocycles. The van der Waals surface area contributed by atoms with Crippen molar-refractivity contribution in [2.24, 2.45) is 0 Å². The summed E-state index contributed by atoms with van der Waals surface area (Å²) in [6.07, 6.45) is 0. The Hall–Kier alpha value is -2.04.